The first-order valence-corrected chi connectivity index (χ1v) is 9.40. The standard InChI is InChI=1S/C21H25ClN2O2/c1-26-20-9-8-19(22)15-18(20)16-23-11-13-24(14-12-23)21(25)10-7-17-5-3-2-4-6-17/h2-6,8-9,15H,7,10-14,16H2,1H3. The molecule has 0 spiro atoms. The first kappa shape index (κ1) is 18.7. The van der Waals surface area contributed by atoms with Crippen LogP contribution in [0.25, 0.3) is 0 Å². The van der Waals surface area contributed by atoms with Gasteiger partial charge in [-0.1, -0.05) is 41.9 Å². The molecule has 0 aromatic heterocycles. The number of piperazine rings is 1. The van der Waals surface area contributed by atoms with Gasteiger partial charge in [-0.25, -0.2) is 0 Å². The van der Waals surface area contributed by atoms with Crippen molar-refractivity contribution in [3.8, 4) is 5.75 Å². The van der Waals surface area contributed by atoms with Gasteiger partial charge in [-0.3, -0.25) is 9.69 Å². The number of carbonyl (C=O) groups excluding carboxylic acids is 1. The smallest absolute Gasteiger partial charge is 0.222 e. The van der Waals surface area contributed by atoms with Gasteiger partial charge in [-0.05, 0) is 30.2 Å². The highest BCUT2D eigenvalue weighted by Crippen LogP contribution is 2.24. The molecule has 1 aliphatic heterocycles. The van der Waals surface area contributed by atoms with E-state index < -0.39 is 0 Å². The predicted octanol–water partition coefficient (Wildman–Crippen LogP) is 3.63. The van der Waals surface area contributed by atoms with Crippen LogP contribution in [0.2, 0.25) is 5.02 Å². The van der Waals surface area contributed by atoms with Gasteiger partial charge in [0.2, 0.25) is 5.91 Å². The molecule has 0 radical (unpaired) electrons. The predicted molar refractivity (Wildman–Crippen MR) is 105 cm³/mol. The number of benzene rings is 2. The summed E-state index contributed by atoms with van der Waals surface area (Å²) in [4.78, 5) is 16.8. The molecule has 1 heterocycles. The Morgan fingerprint density at radius 1 is 1.08 bits per heavy atom. The largest absolute Gasteiger partial charge is 0.496 e. The van der Waals surface area contributed by atoms with E-state index >= 15 is 0 Å². The summed E-state index contributed by atoms with van der Waals surface area (Å²) < 4.78 is 5.43. The van der Waals surface area contributed by atoms with Crippen molar-refractivity contribution in [2.24, 2.45) is 0 Å². The van der Waals surface area contributed by atoms with Crippen molar-refractivity contribution < 1.29 is 9.53 Å². The quantitative estimate of drug-likeness (QED) is 0.776. The van der Waals surface area contributed by atoms with Crippen molar-refractivity contribution in [2.75, 3.05) is 33.3 Å². The maximum absolute atomic E-state index is 12.5. The number of carbonyl (C=O) groups is 1. The number of rotatable bonds is 6. The van der Waals surface area contributed by atoms with Crippen molar-refractivity contribution in [3.63, 3.8) is 0 Å². The zero-order valence-corrected chi connectivity index (χ0v) is 15.9. The summed E-state index contributed by atoms with van der Waals surface area (Å²) in [5.41, 5.74) is 2.30. The van der Waals surface area contributed by atoms with Crippen molar-refractivity contribution in [2.45, 2.75) is 19.4 Å². The molecule has 0 N–H and O–H groups in total. The second-order valence-electron chi connectivity index (χ2n) is 6.60. The maximum atomic E-state index is 12.5. The second kappa shape index (κ2) is 9.06. The number of hydrogen-bond donors (Lipinski definition) is 0. The maximum Gasteiger partial charge on any atom is 0.222 e. The lowest BCUT2D eigenvalue weighted by Gasteiger charge is -2.35. The number of nitrogens with zero attached hydrogens (tertiary/aromatic N) is 2. The van der Waals surface area contributed by atoms with Gasteiger partial charge in [0.15, 0.2) is 0 Å². The lowest BCUT2D eigenvalue weighted by atomic mass is 10.1. The Balaban J connectivity index is 1.48. The summed E-state index contributed by atoms with van der Waals surface area (Å²) in [6, 6.07) is 15.9. The van der Waals surface area contributed by atoms with Crippen molar-refractivity contribution in [1.82, 2.24) is 9.80 Å². The van der Waals surface area contributed by atoms with E-state index in [9.17, 15) is 4.79 Å². The first-order chi connectivity index (χ1) is 12.7. The normalized spacial score (nSPS) is 15.1. The summed E-state index contributed by atoms with van der Waals surface area (Å²) in [6.07, 6.45) is 1.38. The molecule has 1 amide bonds. The zero-order chi connectivity index (χ0) is 18.4. The van der Waals surface area contributed by atoms with E-state index in [4.69, 9.17) is 16.3 Å². The number of methoxy groups -OCH3 is 1. The molecule has 138 valence electrons. The molecule has 2 aromatic rings. The lowest BCUT2D eigenvalue weighted by Crippen LogP contribution is -2.48. The number of aryl methyl sites for hydroxylation is 1. The van der Waals surface area contributed by atoms with Crippen LogP contribution in [0.15, 0.2) is 48.5 Å². The molecule has 3 rings (SSSR count). The SMILES string of the molecule is COc1ccc(Cl)cc1CN1CCN(C(=O)CCc2ccccc2)CC1. The number of hydrogen-bond acceptors (Lipinski definition) is 3. The molecule has 0 atom stereocenters. The van der Waals surface area contributed by atoms with E-state index in [1.807, 2.05) is 41.3 Å². The fourth-order valence-electron chi connectivity index (χ4n) is 3.32. The Labute approximate surface area is 160 Å². The summed E-state index contributed by atoms with van der Waals surface area (Å²) in [5.74, 6) is 1.10. The molecule has 1 fully saturated rings. The van der Waals surface area contributed by atoms with Crippen LogP contribution in [0, 0.1) is 0 Å². The van der Waals surface area contributed by atoms with E-state index in [1.165, 1.54) is 5.56 Å². The van der Waals surface area contributed by atoms with Crippen molar-refractivity contribution >= 4 is 17.5 Å². The van der Waals surface area contributed by atoms with Gasteiger partial charge in [0, 0.05) is 49.7 Å². The molecular formula is C21H25ClN2O2. The molecule has 0 unspecified atom stereocenters. The summed E-state index contributed by atoms with van der Waals surface area (Å²) in [7, 11) is 1.68. The van der Waals surface area contributed by atoms with Crippen LogP contribution in [0.3, 0.4) is 0 Å². The highest BCUT2D eigenvalue weighted by molar-refractivity contribution is 6.30. The Bertz CT molecular complexity index is 728. The van der Waals surface area contributed by atoms with Crippen LogP contribution in [0.1, 0.15) is 17.5 Å². The van der Waals surface area contributed by atoms with Gasteiger partial charge < -0.3 is 9.64 Å². The van der Waals surface area contributed by atoms with E-state index in [2.05, 4.69) is 17.0 Å². The van der Waals surface area contributed by atoms with E-state index in [1.54, 1.807) is 7.11 Å². The van der Waals surface area contributed by atoms with Crippen LogP contribution in [0.5, 0.6) is 5.75 Å². The molecule has 26 heavy (non-hydrogen) atoms. The third-order valence-electron chi connectivity index (χ3n) is 4.83. The average Bonchev–Trinajstić information content (AvgIpc) is 2.68. The van der Waals surface area contributed by atoms with Gasteiger partial charge in [0.25, 0.3) is 0 Å². The number of halogens is 1. The topological polar surface area (TPSA) is 32.8 Å². The second-order valence-corrected chi connectivity index (χ2v) is 7.04. The monoisotopic (exact) mass is 372 g/mol. The summed E-state index contributed by atoms with van der Waals surface area (Å²) in [5, 5.41) is 0.718. The Morgan fingerprint density at radius 2 is 1.81 bits per heavy atom. The fraction of sp³-hybridized carbons (Fsp3) is 0.381. The molecule has 2 aromatic carbocycles. The van der Waals surface area contributed by atoms with Gasteiger partial charge in [0.05, 0.1) is 7.11 Å². The zero-order valence-electron chi connectivity index (χ0n) is 15.2. The van der Waals surface area contributed by atoms with Crippen LogP contribution >= 0.6 is 11.6 Å². The van der Waals surface area contributed by atoms with Crippen LogP contribution in [0.4, 0.5) is 0 Å². The minimum Gasteiger partial charge on any atom is -0.496 e. The average molecular weight is 373 g/mol. The molecular weight excluding hydrogens is 348 g/mol. The minimum absolute atomic E-state index is 0.244. The van der Waals surface area contributed by atoms with Crippen LogP contribution in [-0.2, 0) is 17.8 Å². The Hall–Kier alpha value is -2.04. The van der Waals surface area contributed by atoms with Crippen molar-refractivity contribution in [3.05, 3.63) is 64.7 Å². The third-order valence-corrected chi connectivity index (χ3v) is 5.07. The van der Waals surface area contributed by atoms with Gasteiger partial charge in [0.1, 0.15) is 5.75 Å². The lowest BCUT2D eigenvalue weighted by molar-refractivity contribution is -0.133. The van der Waals surface area contributed by atoms with Gasteiger partial charge >= 0.3 is 0 Å². The van der Waals surface area contributed by atoms with Crippen LogP contribution in [-0.4, -0.2) is 49.0 Å². The first-order valence-electron chi connectivity index (χ1n) is 9.02. The van der Waals surface area contributed by atoms with Gasteiger partial charge in [-0.15, -0.1) is 0 Å². The molecule has 0 saturated carbocycles. The Kier molecular flexibility index (Phi) is 6.53. The Morgan fingerprint density at radius 3 is 2.50 bits per heavy atom. The molecule has 4 nitrogen and oxygen atoms in total. The van der Waals surface area contributed by atoms with Crippen molar-refractivity contribution in [1.29, 1.82) is 0 Å². The third kappa shape index (κ3) is 4.99. The van der Waals surface area contributed by atoms with Gasteiger partial charge in [-0.2, -0.15) is 0 Å². The molecule has 1 aliphatic rings. The number of amides is 1. The highest BCUT2D eigenvalue weighted by Gasteiger charge is 2.21. The van der Waals surface area contributed by atoms with Crippen LogP contribution < -0.4 is 4.74 Å². The molecule has 0 bridgehead atoms. The summed E-state index contributed by atoms with van der Waals surface area (Å²) in [6.45, 7) is 4.07. The number of ether oxygens (including phenoxy) is 1. The fourth-order valence-corrected chi connectivity index (χ4v) is 3.52. The van der Waals surface area contributed by atoms with E-state index in [-0.39, 0.29) is 5.91 Å². The molecule has 1 saturated heterocycles. The molecule has 5 heteroatoms. The summed E-state index contributed by atoms with van der Waals surface area (Å²) >= 11 is 6.11. The van der Waals surface area contributed by atoms with E-state index in [0.717, 1.165) is 55.5 Å². The minimum atomic E-state index is 0.244. The molecule has 0 aliphatic carbocycles. The van der Waals surface area contributed by atoms with E-state index in [0.29, 0.717) is 6.42 Å². The highest BCUT2D eigenvalue weighted by atomic mass is 35.5.